The normalized spacial score (nSPS) is 15.3. The van der Waals surface area contributed by atoms with Crippen LogP contribution in [0.5, 0.6) is 0 Å². The lowest BCUT2D eigenvalue weighted by atomic mass is 9.98. The average Bonchev–Trinajstić information content (AvgIpc) is 2.44. The molecular formula is C15H18N2O. The number of hydrogen-bond acceptors (Lipinski definition) is 2. The van der Waals surface area contributed by atoms with Gasteiger partial charge in [0, 0.05) is 12.1 Å². The molecule has 1 aliphatic heterocycles. The molecule has 3 heteroatoms. The van der Waals surface area contributed by atoms with Crippen molar-refractivity contribution in [3.8, 4) is 12.3 Å². The van der Waals surface area contributed by atoms with Gasteiger partial charge >= 0.3 is 0 Å². The summed E-state index contributed by atoms with van der Waals surface area (Å²) in [5.74, 6) is 2.48. The number of carbonyl (C=O) groups excluding carboxylic acids is 1. The summed E-state index contributed by atoms with van der Waals surface area (Å²) in [7, 11) is 0. The second-order valence-electron chi connectivity index (χ2n) is 4.51. The Morgan fingerprint density at radius 2 is 2.39 bits per heavy atom. The summed E-state index contributed by atoms with van der Waals surface area (Å²) in [6.07, 6.45) is 7.12. The molecule has 0 saturated heterocycles. The first kappa shape index (κ1) is 12.7. The summed E-state index contributed by atoms with van der Waals surface area (Å²) in [6, 6.07) is 5.69. The minimum Gasteiger partial charge on any atom is -0.338 e. The minimum absolute atomic E-state index is 0.0897. The van der Waals surface area contributed by atoms with E-state index in [0.29, 0.717) is 5.56 Å². The molecule has 0 saturated carbocycles. The highest BCUT2D eigenvalue weighted by atomic mass is 16.1. The average molecular weight is 242 g/mol. The van der Waals surface area contributed by atoms with Crippen molar-refractivity contribution >= 4 is 5.91 Å². The van der Waals surface area contributed by atoms with Crippen LogP contribution in [0.1, 0.15) is 34.8 Å². The zero-order chi connectivity index (χ0) is 13.0. The largest absolute Gasteiger partial charge is 0.338 e. The third-order valence-electron chi connectivity index (χ3n) is 3.27. The van der Waals surface area contributed by atoms with Gasteiger partial charge in [0.1, 0.15) is 0 Å². The molecule has 3 nitrogen and oxygen atoms in total. The van der Waals surface area contributed by atoms with Gasteiger partial charge in [-0.25, -0.2) is 0 Å². The first-order valence-corrected chi connectivity index (χ1v) is 6.34. The molecule has 0 spiro atoms. The Hall–Kier alpha value is -1.79. The van der Waals surface area contributed by atoms with Crippen molar-refractivity contribution in [2.45, 2.75) is 32.4 Å². The van der Waals surface area contributed by atoms with Crippen molar-refractivity contribution in [2.24, 2.45) is 0 Å². The van der Waals surface area contributed by atoms with Crippen LogP contribution in [-0.2, 0) is 13.0 Å². The summed E-state index contributed by atoms with van der Waals surface area (Å²) >= 11 is 0. The molecule has 94 valence electrons. The standard InChI is InChI=1S/C15H18N2O/c1-3-14(4-2)17-15(18)12-6-5-11-7-8-16-10-13(11)9-12/h1,5-6,9,14,16H,4,7-8,10H2,2H3,(H,17,18). The van der Waals surface area contributed by atoms with E-state index in [9.17, 15) is 4.79 Å². The molecule has 1 aromatic rings. The van der Waals surface area contributed by atoms with Gasteiger partial charge in [-0.05, 0) is 42.6 Å². The molecule has 1 aliphatic rings. The maximum absolute atomic E-state index is 12.0. The predicted octanol–water partition coefficient (Wildman–Crippen LogP) is 1.47. The molecule has 0 radical (unpaired) electrons. The van der Waals surface area contributed by atoms with E-state index in [4.69, 9.17) is 6.42 Å². The molecule has 1 amide bonds. The molecular weight excluding hydrogens is 224 g/mol. The molecule has 2 rings (SSSR count). The summed E-state index contributed by atoms with van der Waals surface area (Å²) < 4.78 is 0. The zero-order valence-corrected chi connectivity index (χ0v) is 10.6. The van der Waals surface area contributed by atoms with Crippen molar-refractivity contribution < 1.29 is 4.79 Å². The van der Waals surface area contributed by atoms with Crippen LogP contribution in [-0.4, -0.2) is 18.5 Å². The van der Waals surface area contributed by atoms with E-state index in [0.717, 1.165) is 25.9 Å². The van der Waals surface area contributed by atoms with E-state index in [1.165, 1.54) is 11.1 Å². The summed E-state index contributed by atoms with van der Waals surface area (Å²) in [5, 5.41) is 6.15. The smallest absolute Gasteiger partial charge is 0.252 e. The summed E-state index contributed by atoms with van der Waals surface area (Å²) in [6.45, 7) is 3.80. The van der Waals surface area contributed by atoms with E-state index in [2.05, 4.69) is 16.6 Å². The number of nitrogens with one attached hydrogen (secondary N) is 2. The first-order valence-electron chi connectivity index (χ1n) is 6.34. The molecule has 2 N–H and O–H groups in total. The van der Waals surface area contributed by atoms with E-state index in [1.807, 2.05) is 25.1 Å². The number of fused-ring (bicyclic) bond motifs is 1. The molecule has 0 aliphatic carbocycles. The van der Waals surface area contributed by atoms with E-state index >= 15 is 0 Å². The van der Waals surface area contributed by atoms with Crippen LogP contribution in [0, 0.1) is 12.3 Å². The molecule has 1 heterocycles. The Balaban J connectivity index is 2.14. The number of benzene rings is 1. The topological polar surface area (TPSA) is 41.1 Å². The van der Waals surface area contributed by atoms with Gasteiger partial charge in [0.15, 0.2) is 0 Å². The third-order valence-corrected chi connectivity index (χ3v) is 3.27. The van der Waals surface area contributed by atoms with Gasteiger partial charge < -0.3 is 10.6 Å². The molecule has 1 aromatic carbocycles. The Bertz CT molecular complexity index is 488. The Morgan fingerprint density at radius 1 is 1.56 bits per heavy atom. The van der Waals surface area contributed by atoms with Crippen molar-refractivity contribution in [1.82, 2.24) is 10.6 Å². The number of terminal acetylenes is 1. The van der Waals surface area contributed by atoms with Gasteiger partial charge in [0.05, 0.1) is 6.04 Å². The first-order chi connectivity index (χ1) is 8.74. The zero-order valence-electron chi connectivity index (χ0n) is 10.6. The second-order valence-corrected chi connectivity index (χ2v) is 4.51. The minimum atomic E-state index is -0.188. The SMILES string of the molecule is C#CC(CC)NC(=O)c1ccc2c(c1)CNCC2. The molecule has 0 aromatic heterocycles. The number of carbonyl (C=O) groups is 1. The molecule has 0 bridgehead atoms. The molecule has 18 heavy (non-hydrogen) atoms. The highest BCUT2D eigenvalue weighted by molar-refractivity contribution is 5.94. The van der Waals surface area contributed by atoms with E-state index in [-0.39, 0.29) is 11.9 Å². The van der Waals surface area contributed by atoms with Gasteiger partial charge in [-0.15, -0.1) is 6.42 Å². The number of hydrogen-bond donors (Lipinski definition) is 2. The maximum atomic E-state index is 12.0. The lowest BCUT2D eigenvalue weighted by Gasteiger charge is -2.18. The maximum Gasteiger partial charge on any atom is 0.252 e. The van der Waals surface area contributed by atoms with Gasteiger partial charge in [-0.3, -0.25) is 4.79 Å². The van der Waals surface area contributed by atoms with Gasteiger partial charge in [0.25, 0.3) is 5.91 Å². The van der Waals surface area contributed by atoms with Gasteiger partial charge in [-0.2, -0.15) is 0 Å². The van der Waals surface area contributed by atoms with Crippen molar-refractivity contribution in [3.05, 3.63) is 34.9 Å². The van der Waals surface area contributed by atoms with Crippen LogP contribution in [0.25, 0.3) is 0 Å². The van der Waals surface area contributed by atoms with Crippen molar-refractivity contribution in [2.75, 3.05) is 6.54 Å². The lowest BCUT2D eigenvalue weighted by molar-refractivity contribution is 0.0945. The van der Waals surface area contributed by atoms with Gasteiger partial charge in [-0.1, -0.05) is 18.9 Å². The highest BCUT2D eigenvalue weighted by Crippen LogP contribution is 2.16. The van der Waals surface area contributed by atoms with Crippen LogP contribution < -0.4 is 10.6 Å². The van der Waals surface area contributed by atoms with Gasteiger partial charge in [0.2, 0.25) is 0 Å². The van der Waals surface area contributed by atoms with Crippen molar-refractivity contribution in [3.63, 3.8) is 0 Å². The fourth-order valence-corrected chi connectivity index (χ4v) is 2.12. The van der Waals surface area contributed by atoms with Crippen LogP contribution in [0.3, 0.4) is 0 Å². The molecule has 1 atom stereocenters. The highest BCUT2D eigenvalue weighted by Gasteiger charge is 2.14. The van der Waals surface area contributed by atoms with Crippen LogP contribution in [0.2, 0.25) is 0 Å². The molecule has 0 fully saturated rings. The quantitative estimate of drug-likeness (QED) is 0.788. The fourth-order valence-electron chi connectivity index (χ4n) is 2.12. The van der Waals surface area contributed by atoms with Crippen LogP contribution in [0.4, 0.5) is 0 Å². The van der Waals surface area contributed by atoms with Crippen LogP contribution >= 0.6 is 0 Å². The summed E-state index contributed by atoms with van der Waals surface area (Å²) in [4.78, 5) is 12.0. The lowest BCUT2D eigenvalue weighted by Crippen LogP contribution is -2.33. The monoisotopic (exact) mass is 242 g/mol. The fraction of sp³-hybridized carbons (Fsp3) is 0.400. The number of amides is 1. The Morgan fingerprint density at radius 3 is 3.11 bits per heavy atom. The van der Waals surface area contributed by atoms with Crippen LogP contribution in [0.15, 0.2) is 18.2 Å². The van der Waals surface area contributed by atoms with E-state index in [1.54, 1.807) is 0 Å². The Kier molecular flexibility index (Phi) is 4.01. The number of rotatable bonds is 3. The summed E-state index contributed by atoms with van der Waals surface area (Å²) in [5.41, 5.74) is 3.23. The second kappa shape index (κ2) is 5.70. The van der Waals surface area contributed by atoms with Crippen molar-refractivity contribution in [1.29, 1.82) is 0 Å². The predicted molar refractivity (Wildman–Crippen MR) is 72.2 cm³/mol. The molecule has 1 unspecified atom stereocenters. The third kappa shape index (κ3) is 2.72. The van der Waals surface area contributed by atoms with E-state index < -0.39 is 0 Å². The Labute approximate surface area is 108 Å².